The van der Waals surface area contributed by atoms with Crippen molar-refractivity contribution in [3.63, 3.8) is 0 Å². The number of benzene rings is 1. The van der Waals surface area contributed by atoms with Crippen LogP contribution >= 0.6 is 0 Å². The highest BCUT2D eigenvalue weighted by atomic mass is 14.9. The normalized spacial score (nSPS) is 19.5. The summed E-state index contributed by atoms with van der Waals surface area (Å²) in [6.07, 6.45) is 7.04. The minimum atomic E-state index is 0.733. The number of aryl methyl sites for hydroxylation is 2. The largest absolute Gasteiger partial charge is 0.314 e. The van der Waals surface area contributed by atoms with Gasteiger partial charge < -0.3 is 5.32 Å². The van der Waals surface area contributed by atoms with Crippen molar-refractivity contribution in [2.75, 3.05) is 6.54 Å². The molecule has 0 spiro atoms. The van der Waals surface area contributed by atoms with Crippen molar-refractivity contribution in [2.45, 2.75) is 38.6 Å². The Balaban J connectivity index is 1.75. The number of nitrogens with zero attached hydrogens (tertiary/aromatic N) is 1. The highest BCUT2D eigenvalue weighted by molar-refractivity contribution is 5.79. The molecule has 0 saturated carbocycles. The van der Waals surface area contributed by atoms with Gasteiger partial charge in [0.25, 0.3) is 0 Å². The molecule has 1 aromatic carbocycles. The molecule has 1 unspecified atom stereocenters. The molecule has 18 heavy (non-hydrogen) atoms. The second-order valence-electron chi connectivity index (χ2n) is 5.37. The van der Waals surface area contributed by atoms with Crippen molar-refractivity contribution in [1.82, 2.24) is 10.3 Å². The number of fused-ring (bicyclic) bond motifs is 1. The van der Waals surface area contributed by atoms with Crippen LogP contribution in [0.15, 0.2) is 30.5 Å². The van der Waals surface area contributed by atoms with Crippen LogP contribution in [0.4, 0.5) is 0 Å². The number of hydrogen-bond donors (Lipinski definition) is 1. The van der Waals surface area contributed by atoms with Crippen molar-refractivity contribution < 1.29 is 0 Å². The molecule has 0 radical (unpaired) electrons. The predicted molar refractivity (Wildman–Crippen MR) is 75.8 cm³/mol. The Morgan fingerprint density at radius 2 is 2.28 bits per heavy atom. The van der Waals surface area contributed by atoms with Crippen LogP contribution in [0.2, 0.25) is 0 Å². The molecule has 3 rings (SSSR count). The second-order valence-corrected chi connectivity index (χ2v) is 5.37. The monoisotopic (exact) mass is 240 g/mol. The Kier molecular flexibility index (Phi) is 3.28. The summed E-state index contributed by atoms with van der Waals surface area (Å²) in [7, 11) is 0. The third-order valence-corrected chi connectivity index (χ3v) is 3.83. The van der Waals surface area contributed by atoms with Crippen molar-refractivity contribution in [1.29, 1.82) is 0 Å². The predicted octanol–water partition coefficient (Wildman–Crippen LogP) is 3.23. The fourth-order valence-corrected chi connectivity index (χ4v) is 2.79. The number of nitrogens with one attached hydrogen (secondary N) is 1. The number of aromatic nitrogens is 1. The molecule has 1 aliphatic rings. The fraction of sp³-hybridized carbons (Fsp3) is 0.438. The van der Waals surface area contributed by atoms with E-state index in [0.717, 1.165) is 11.6 Å². The summed E-state index contributed by atoms with van der Waals surface area (Å²) in [4.78, 5) is 4.45. The summed E-state index contributed by atoms with van der Waals surface area (Å²) < 4.78 is 0. The first-order chi connectivity index (χ1) is 8.81. The van der Waals surface area contributed by atoms with Gasteiger partial charge in [0.05, 0.1) is 5.52 Å². The molecule has 0 aliphatic carbocycles. The quantitative estimate of drug-likeness (QED) is 0.891. The van der Waals surface area contributed by atoms with Crippen molar-refractivity contribution in [2.24, 2.45) is 0 Å². The first-order valence-electron chi connectivity index (χ1n) is 6.90. The van der Waals surface area contributed by atoms with Gasteiger partial charge in [-0.05, 0) is 68.5 Å². The minimum Gasteiger partial charge on any atom is -0.314 e. The third-order valence-electron chi connectivity index (χ3n) is 3.83. The average molecular weight is 240 g/mol. The van der Waals surface area contributed by atoms with E-state index in [1.807, 2.05) is 6.20 Å². The zero-order valence-corrected chi connectivity index (χ0v) is 10.9. The van der Waals surface area contributed by atoms with E-state index in [0.29, 0.717) is 0 Å². The van der Waals surface area contributed by atoms with E-state index in [2.05, 4.69) is 41.5 Å². The molecule has 1 fully saturated rings. The summed E-state index contributed by atoms with van der Waals surface area (Å²) >= 11 is 0. The summed E-state index contributed by atoms with van der Waals surface area (Å²) in [6, 6.07) is 9.62. The van der Waals surface area contributed by atoms with Gasteiger partial charge in [-0.15, -0.1) is 0 Å². The summed E-state index contributed by atoms with van der Waals surface area (Å²) in [5, 5.41) is 4.83. The molecule has 2 nitrogen and oxygen atoms in total. The molecule has 1 saturated heterocycles. The lowest BCUT2D eigenvalue weighted by Gasteiger charge is -2.10. The van der Waals surface area contributed by atoms with Gasteiger partial charge in [0.15, 0.2) is 0 Å². The van der Waals surface area contributed by atoms with Crippen LogP contribution < -0.4 is 5.32 Å². The van der Waals surface area contributed by atoms with Gasteiger partial charge in [-0.1, -0.05) is 6.07 Å². The van der Waals surface area contributed by atoms with E-state index in [4.69, 9.17) is 0 Å². The molecular weight excluding hydrogens is 220 g/mol. The maximum absolute atomic E-state index is 4.45. The summed E-state index contributed by atoms with van der Waals surface area (Å²) in [6.45, 7) is 3.30. The van der Waals surface area contributed by atoms with Gasteiger partial charge in [0.1, 0.15) is 0 Å². The van der Waals surface area contributed by atoms with Crippen molar-refractivity contribution in [3.05, 3.63) is 41.6 Å². The Hall–Kier alpha value is -1.41. The maximum Gasteiger partial charge on any atom is 0.0702 e. The van der Waals surface area contributed by atoms with Crippen LogP contribution in [-0.2, 0) is 6.42 Å². The lowest BCUT2D eigenvalue weighted by atomic mass is 10.0. The minimum absolute atomic E-state index is 0.733. The van der Waals surface area contributed by atoms with Gasteiger partial charge >= 0.3 is 0 Å². The first-order valence-corrected chi connectivity index (χ1v) is 6.90. The first kappa shape index (κ1) is 11.7. The Morgan fingerprint density at radius 1 is 1.33 bits per heavy atom. The van der Waals surface area contributed by atoms with E-state index in [1.165, 1.54) is 48.7 Å². The summed E-state index contributed by atoms with van der Waals surface area (Å²) in [5.41, 5.74) is 3.77. The maximum atomic E-state index is 4.45. The Labute approximate surface area is 108 Å². The number of rotatable bonds is 3. The third kappa shape index (κ3) is 2.54. The van der Waals surface area contributed by atoms with Crippen LogP contribution in [0.5, 0.6) is 0 Å². The van der Waals surface area contributed by atoms with Gasteiger partial charge in [-0.3, -0.25) is 4.98 Å². The van der Waals surface area contributed by atoms with Crippen LogP contribution in [0.25, 0.3) is 10.9 Å². The SMILES string of the molecule is Cc1cnc2ccc(CCC3CCCN3)cc2c1. The molecular formula is C16H20N2. The molecule has 2 aromatic rings. The molecule has 1 N–H and O–H groups in total. The van der Waals surface area contributed by atoms with Gasteiger partial charge in [0, 0.05) is 17.6 Å². The topological polar surface area (TPSA) is 24.9 Å². The van der Waals surface area contributed by atoms with Crippen LogP contribution in [0, 0.1) is 6.92 Å². The van der Waals surface area contributed by atoms with Crippen molar-refractivity contribution >= 4 is 10.9 Å². The molecule has 2 heterocycles. The Bertz CT molecular complexity index is 542. The highest BCUT2D eigenvalue weighted by Crippen LogP contribution is 2.18. The van der Waals surface area contributed by atoms with Gasteiger partial charge in [-0.2, -0.15) is 0 Å². The van der Waals surface area contributed by atoms with Gasteiger partial charge in [0.2, 0.25) is 0 Å². The van der Waals surface area contributed by atoms with Crippen molar-refractivity contribution in [3.8, 4) is 0 Å². The molecule has 1 atom stereocenters. The Morgan fingerprint density at radius 3 is 3.11 bits per heavy atom. The molecule has 0 bridgehead atoms. The molecule has 1 aromatic heterocycles. The van der Waals surface area contributed by atoms with Crippen LogP contribution in [-0.4, -0.2) is 17.6 Å². The fourth-order valence-electron chi connectivity index (χ4n) is 2.79. The zero-order chi connectivity index (χ0) is 12.4. The van der Waals surface area contributed by atoms with E-state index in [9.17, 15) is 0 Å². The van der Waals surface area contributed by atoms with E-state index in [1.54, 1.807) is 0 Å². The lowest BCUT2D eigenvalue weighted by molar-refractivity contribution is 0.559. The van der Waals surface area contributed by atoms with E-state index < -0.39 is 0 Å². The molecule has 2 heteroatoms. The second kappa shape index (κ2) is 5.07. The summed E-state index contributed by atoms with van der Waals surface area (Å²) in [5.74, 6) is 0. The van der Waals surface area contributed by atoms with E-state index >= 15 is 0 Å². The molecule has 1 aliphatic heterocycles. The molecule has 0 amide bonds. The average Bonchev–Trinajstić information content (AvgIpc) is 2.89. The van der Waals surface area contributed by atoms with Gasteiger partial charge in [-0.25, -0.2) is 0 Å². The number of pyridine rings is 1. The van der Waals surface area contributed by atoms with Crippen LogP contribution in [0.3, 0.4) is 0 Å². The lowest BCUT2D eigenvalue weighted by Crippen LogP contribution is -2.21. The zero-order valence-electron chi connectivity index (χ0n) is 10.9. The highest BCUT2D eigenvalue weighted by Gasteiger charge is 2.13. The van der Waals surface area contributed by atoms with Crippen LogP contribution in [0.1, 0.15) is 30.4 Å². The molecule has 94 valence electrons. The van der Waals surface area contributed by atoms with E-state index in [-0.39, 0.29) is 0 Å². The number of hydrogen-bond acceptors (Lipinski definition) is 2. The standard InChI is InChI=1S/C16H20N2/c1-12-9-14-10-13(5-7-16(14)18-11-12)4-6-15-3-2-8-17-15/h5,7,9-11,15,17H,2-4,6,8H2,1H3. The smallest absolute Gasteiger partial charge is 0.0702 e.